The number of fused-ring (bicyclic) bond motifs is 5. The largest absolute Gasteiger partial charge is 0.361 e. The first kappa shape index (κ1) is 30.5. The summed E-state index contributed by atoms with van der Waals surface area (Å²) in [5.41, 5.74) is 12.1. The molecule has 1 fully saturated rings. The maximum absolute atomic E-state index is 2.95. The Morgan fingerprint density at radius 3 is 2.30 bits per heavy atom. The summed E-state index contributed by atoms with van der Waals surface area (Å²) in [6.45, 7) is 0. The van der Waals surface area contributed by atoms with Crippen molar-refractivity contribution in [3.63, 3.8) is 0 Å². The van der Waals surface area contributed by atoms with Crippen molar-refractivity contribution in [2.45, 2.75) is 94.2 Å². The van der Waals surface area contributed by atoms with Gasteiger partial charge in [0.05, 0.1) is 6.04 Å². The van der Waals surface area contributed by atoms with Crippen LogP contribution in [0.25, 0.3) is 5.57 Å². The lowest BCUT2D eigenvalue weighted by Gasteiger charge is -2.41. The van der Waals surface area contributed by atoms with E-state index < -0.39 is 0 Å². The second kappa shape index (κ2) is 12.8. The van der Waals surface area contributed by atoms with Gasteiger partial charge in [-0.25, -0.2) is 0 Å². The van der Waals surface area contributed by atoms with Crippen LogP contribution in [-0.2, 0) is 0 Å². The highest BCUT2D eigenvalue weighted by Gasteiger charge is 2.45. The van der Waals surface area contributed by atoms with Gasteiger partial charge in [-0.05, 0) is 97.6 Å². The molecular formula is C48H50N2. The quantitative estimate of drug-likeness (QED) is 0.296. The van der Waals surface area contributed by atoms with E-state index in [1.165, 1.54) is 73.0 Å². The van der Waals surface area contributed by atoms with Gasteiger partial charge in [0.2, 0.25) is 0 Å². The summed E-state index contributed by atoms with van der Waals surface area (Å²) in [5, 5.41) is 0. The van der Waals surface area contributed by atoms with E-state index in [1.54, 1.807) is 16.8 Å². The summed E-state index contributed by atoms with van der Waals surface area (Å²) < 4.78 is 0. The van der Waals surface area contributed by atoms with Crippen LogP contribution in [0, 0.1) is 17.8 Å². The van der Waals surface area contributed by atoms with Gasteiger partial charge in [0, 0.05) is 52.5 Å². The topological polar surface area (TPSA) is 6.48 Å². The molecule has 2 nitrogen and oxygen atoms in total. The van der Waals surface area contributed by atoms with Crippen molar-refractivity contribution in [2.75, 3.05) is 9.80 Å². The zero-order chi connectivity index (χ0) is 33.0. The Balaban J connectivity index is 1.00. The number of allylic oxidation sites excluding steroid dienone is 14. The number of hydrogen-bond donors (Lipinski definition) is 0. The first-order chi connectivity index (χ1) is 24.8. The highest BCUT2D eigenvalue weighted by Crippen LogP contribution is 2.55. The third-order valence-corrected chi connectivity index (χ3v) is 13.4. The highest BCUT2D eigenvalue weighted by atomic mass is 15.2. The van der Waals surface area contributed by atoms with Crippen LogP contribution in [-0.4, -0.2) is 18.1 Å². The van der Waals surface area contributed by atoms with Crippen LogP contribution < -0.4 is 9.80 Å². The molecule has 50 heavy (non-hydrogen) atoms. The van der Waals surface area contributed by atoms with Crippen LogP contribution in [0.4, 0.5) is 11.4 Å². The van der Waals surface area contributed by atoms with Crippen molar-refractivity contribution in [1.82, 2.24) is 0 Å². The molecule has 8 atom stereocenters. The van der Waals surface area contributed by atoms with Crippen molar-refractivity contribution < 1.29 is 0 Å². The van der Waals surface area contributed by atoms with E-state index in [1.807, 2.05) is 0 Å². The molecule has 0 radical (unpaired) electrons. The zero-order valence-corrected chi connectivity index (χ0v) is 29.3. The minimum atomic E-state index is 0.347. The van der Waals surface area contributed by atoms with Crippen molar-refractivity contribution in [2.24, 2.45) is 17.8 Å². The van der Waals surface area contributed by atoms with Crippen LogP contribution in [0.5, 0.6) is 0 Å². The van der Waals surface area contributed by atoms with Gasteiger partial charge in [-0.3, -0.25) is 0 Å². The third-order valence-electron chi connectivity index (χ3n) is 13.4. The molecule has 2 aromatic carbocycles. The van der Waals surface area contributed by atoms with Crippen molar-refractivity contribution in [1.29, 1.82) is 0 Å². The van der Waals surface area contributed by atoms with Gasteiger partial charge in [-0.15, -0.1) is 0 Å². The zero-order valence-electron chi connectivity index (χ0n) is 29.3. The first-order valence-corrected chi connectivity index (χ1v) is 19.8. The molecule has 0 spiro atoms. The first-order valence-electron chi connectivity index (χ1n) is 19.8. The van der Waals surface area contributed by atoms with Gasteiger partial charge in [-0.1, -0.05) is 134 Å². The third kappa shape index (κ3) is 5.12. The Bertz CT molecular complexity index is 1920. The lowest BCUT2D eigenvalue weighted by atomic mass is 9.79. The smallest absolute Gasteiger partial charge is 0.0626 e. The molecule has 0 bridgehead atoms. The second-order valence-electron chi connectivity index (χ2n) is 16.0. The number of rotatable bonds is 5. The molecule has 2 heterocycles. The number of benzene rings is 2. The standard InChI is InChI=1S/C48H50N2/c1-3-12-33(13-4-1)35-22-27-38(28-23-35)49-45-20-9-8-17-42(45)44-32-37(26-31-47(44)49)40-18-11-19-43-41-16-7-10-21-46(41)50(48(40)43)39-29-24-36(25-30-39)34-14-5-2-6-15-34/h1-6,8-9,11-12,14,17-20,22-24,27-29,32-34,36,39,41-42,45-46H,7,10,13,15-16,21,25-26,30-31H2. The lowest BCUT2D eigenvalue weighted by molar-refractivity contribution is 0.350. The van der Waals surface area contributed by atoms with E-state index >= 15 is 0 Å². The molecule has 6 aliphatic carbocycles. The summed E-state index contributed by atoms with van der Waals surface area (Å²) in [6.07, 6.45) is 48.0. The highest BCUT2D eigenvalue weighted by molar-refractivity contribution is 5.85. The fourth-order valence-electron chi connectivity index (χ4n) is 11.0. The lowest BCUT2D eigenvalue weighted by Crippen LogP contribution is -2.44. The molecule has 8 aliphatic rings. The summed E-state index contributed by atoms with van der Waals surface area (Å²) in [7, 11) is 0. The SMILES string of the molecule is C1=CCC(c2ccc(N3C4=C(C=C(c5cccc6c5N(C5C=CC(C7C=CC=CC7)CC5)C5CCCCC65)CC4)C4C=CC=CC43)cc2)C=C1. The Labute approximate surface area is 299 Å². The molecule has 0 amide bonds. The normalized spacial score (nSPS) is 33.4. The van der Waals surface area contributed by atoms with Crippen molar-refractivity contribution in [3.05, 3.63) is 162 Å². The Kier molecular flexibility index (Phi) is 7.81. The van der Waals surface area contributed by atoms with E-state index in [0.717, 1.165) is 19.3 Å². The summed E-state index contributed by atoms with van der Waals surface area (Å²) >= 11 is 0. The van der Waals surface area contributed by atoms with Crippen LogP contribution in [0.2, 0.25) is 0 Å². The van der Waals surface area contributed by atoms with Gasteiger partial charge in [0.25, 0.3) is 0 Å². The number of nitrogens with zero attached hydrogens (tertiary/aromatic N) is 2. The van der Waals surface area contributed by atoms with Gasteiger partial charge in [0.1, 0.15) is 0 Å². The van der Waals surface area contributed by atoms with Gasteiger partial charge in [-0.2, -0.15) is 0 Å². The molecular weight excluding hydrogens is 605 g/mol. The summed E-state index contributed by atoms with van der Waals surface area (Å²) in [5.74, 6) is 2.90. The molecule has 8 unspecified atom stereocenters. The predicted molar refractivity (Wildman–Crippen MR) is 210 cm³/mol. The van der Waals surface area contributed by atoms with Crippen LogP contribution in [0.1, 0.15) is 92.7 Å². The van der Waals surface area contributed by atoms with Gasteiger partial charge in [0.15, 0.2) is 0 Å². The maximum atomic E-state index is 2.95. The van der Waals surface area contributed by atoms with E-state index in [9.17, 15) is 0 Å². The minimum absolute atomic E-state index is 0.347. The average Bonchev–Trinajstić information content (AvgIpc) is 3.71. The average molecular weight is 655 g/mol. The van der Waals surface area contributed by atoms with Gasteiger partial charge < -0.3 is 9.80 Å². The van der Waals surface area contributed by atoms with Crippen LogP contribution in [0.3, 0.4) is 0 Å². The van der Waals surface area contributed by atoms with E-state index in [0.29, 0.717) is 47.7 Å². The molecule has 252 valence electrons. The fourth-order valence-corrected chi connectivity index (χ4v) is 11.0. The summed E-state index contributed by atoms with van der Waals surface area (Å²) in [4.78, 5) is 5.62. The molecule has 10 rings (SSSR count). The number of para-hydroxylation sites is 1. The van der Waals surface area contributed by atoms with E-state index in [2.05, 4.69) is 143 Å². The van der Waals surface area contributed by atoms with E-state index in [4.69, 9.17) is 0 Å². The fraction of sp³-hybridized carbons (Fsp3) is 0.375. The van der Waals surface area contributed by atoms with Crippen molar-refractivity contribution >= 4 is 16.9 Å². The Morgan fingerprint density at radius 2 is 1.48 bits per heavy atom. The summed E-state index contributed by atoms with van der Waals surface area (Å²) in [6, 6.07) is 18.4. The maximum Gasteiger partial charge on any atom is 0.0626 e. The molecule has 0 aromatic heterocycles. The minimum Gasteiger partial charge on any atom is -0.361 e. The van der Waals surface area contributed by atoms with E-state index in [-0.39, 0.29) is 0 Å². The Hall–Kier alpha value is -4.30. The van der Waals surface area contributed by atoms with Crippen LogP contribution in [0.15, 0.2) is 145 Å². The number of anilines is 2. The Morgan fingerprint density at radius 1 is 0.640 bits per heavy atom. The second-order valence-corrected chi connectivity index (χ2v) is 16.0. The van der Waals surface area contributed by atoms with Crippen LogP contribution >= 0.6 is 0 Å². The molecule has 2 aliphatic heterocycles. The van der Waals surface area contributed by atoms with Gasteiger partial charge >= 0.3 is 0 Å². The number of hydrogen-bond acceptors (Lipinski definition) is 2. The predicted octanol–water partition coefficient (Wildman–Crippen LogP) is 11.7. The monoisotopic (exact) mass is 654 g/mol. The molecule has 2 heteroatoms. The van der Waals surface area contributed by atoms with Crippen molar-refractivity contribution in [3.8, 4) is 0 Å². The molecule has 0 saturated heterocycles. The molecule has 0 N–H and O–H groups in total. The molecule has 1 saturated carbocycles. The molecule has 2 aromatic rings.